The molecule has 1 aromatic carbocycles. The van der Waals surface area contributed by atoms with Crippen molar-refractivity contribution in [2.45, 2.75) is 57.2 Å². The van der Waals surface area contributed by atoms with Crippen LogP contribution < -0.4 is 4.31 Å². The van der Waals surface area contributed by atoms with Crippen LogP contribution in [0.5, 0.6) is 0 Å². The zero-order valence-corrected chi connectivity index (χ0v) is 15.7. The quantitative estimate of drug-likeness (QED) is 0.888. The number of benzene rings is 1. The highest BCUT2D eigenvalue weighted by molar-refractivity contribution is 7.92. The number of sulfonamides is 1. The molecule has 4 rings (SSSR count). The van der Waals surface area contributed by atoms with Crippen LogP contribution in [0.4, 0.5) is 5.69 Å². The van der Waals surface area contributed by atoms with Gasteiger partial charge >= 0.3 is 0 Å². The van der Waals surface area contributed by atoms with Crippen molar-refractivity contribution < 1.29 is 8.42 Å². The monoisotopic (exact) mass is 362 g/mol. The van der Waals surface area contributed by atoms with E-state index in [9.17, 15) is 8.42 Å². The number of rotatable bonds is 5. The number of H-pyrrole nitrogens is 1. The molecule has 6 nitrogen and oxygen atoms in total. The molecule has 2 aromatic rings. The molecule has 0 amide bonds. The van der Waals surface area contributed by atoms with Crippen LogP contribution in [0.2, 0.25) is 0 Å². The summed E-state index contributed by atoms with van der Waals surface area (Å²) in [5.41, 5.74) is 1.68. The zero-order chi connectivity index (χ0) is 17.6. The van der Waals surface area contributed by atoms with E-state index in [1.54, 1.807) is 10.5 Å². The smallest absolute Gasteiger partial charge is 0.232 e. The first-order chi connectivity index (χ1) is 12.0. The van der Waals surface area contributed by atoms with Gasteiger partial charge in [0.2, 0.25) is 10.0 Å². The molecule has 2 fully saturated rings. The van der Waals surface area contributed by atoms with E-state index < -0.39 is 10.0 Å². The topological polar surface area (TPSA) is 69.3 Å². The van der Waals surface area contributed by atoms with Crippen LogP contribution in [0, 0.1) is 0 Å². The molecule has 136 valence electrons. The van der Waals surface area contributed by atoms with Gasteiger partial charge in [0.1, 0.15) is 0 Å². The standard InChI is InChI=1S/C18H26N4O2S/c1-3-8-21-14-4-5-15(21)11-17(10-14)22(25(2,23)24)16-6-7-18-13(9-16)12-19-20-18/h6-7,9,12,14-15,17H,3-5,8,10-11H2,1-2H3,(H,19,20). The second kappa shape index (κ2) is 6.29. The normalized spacial score (nSPS) is 27.0. The molecule has 2 bridgehead atoms. The molecular formula is C18H26N4O2S. The van der Waals surface area contributed by atoms with Gasteiger partial charge in [0.15, 0.2) is 0 Å². The number of nitrogens with one attached hydrogen (secondary N) is 1. The molecular weight excluding hydrogens is 336 g/mol. The minimum atomic E-state index is -3.33. The van der Waals surface area contributed by atoms with E-state index in [1.165, 1.54) is 19.1 Å². The summed E-state index contributed by atoms with van der Waals surface area (Å²) in [7, 11) is -3.33. The number of anilines is 1. The Morgan fingerprint density at radius 3 is 2.64 bits per heavy atom. The number of aromatic nitrogens is 2. The van der Waals surface area contributed by atoms with Crippen molar-refractivity contribution in [2.24, 2.45) is 0 Å². The average Bonchev–Trinajstić information content (AvgIpc) is 3.09. The molecule has 0 aliphatic carbocycles. The third kappa shape index (κ3) is 3.04. The first-order valence-corrected chi connectivity index (χ1v) is 11.0. The van der Waals surface area contributed by atoms with Crippen molar-refractivity contribution in [3.8, 4) is 0 Å². The predicted octanol–water partition coefficient (Wildman–Crippen LogP) is 2.73. The van der Waals surface area contributed by atoms with Crippen molar-refractivity contribution in [3.63, 3.8) is 0 Å². The molecule has 1 N–H and O–H groups in total. The van der Waals surface area contributed by atoms with Crippen molar-refractivity contribution in [1.29, 1.82) is 0 Å². The van der Waals surface area contributed by atoms with Crippen molar-refractivity contribution in [3.05, 3.63) is 24.4 Å². The number of hydrogen-bond donors (Lipinski definition) is 1. The molecule has 1 aromatic heterocycles. The highest BCUT2D eigenvalue weighted by Gasteiger charge is 2.43. The van der Waals surface area contributed by atoms with E-state index in [0.717, 1.165) is 42.4 Å². The molecule has 7 heteroatoms. The van der Waals surface area contributed by atoms with Crippen LogP contribution in [0.15, 0.2) is 24.4 Å². The van der Waals surface area contributed by atoms with Gasteiger partial charge in [-0.15, -0.1) is 0 Å². The molecule has 0 radical (unpaired) electrons. The van der Waals surface area contributed by atoms with Crippen molar-refractivity contribution >= 4 is 26.6 Å². The molecule has 2 aliphatic rings. The van der Waals surface area contributed by atoms with E-state index in [1.807, 2.05) is 18.2 Å². The fourth-order valence-corrected chi connectivity index (χ4v) is 6.01. The number of fused-ring (bicyclic) bond motifs is 3. The maximum absolute atomic E-state index is 12.6. The Balaban J connectivity index is 1.67. The molecule has 2 aliphatic heterocycles. The number of aromatic amines is 1. The lowest BCUT2D eigenvalue weighted by Gasteiger charge is -2.43. The summed E-state index contributed by atoms with van der Waals surface area (Å²) < 4.78 is 26.9. The van der Waals surface area contributed by atoms with Gasteiger partial charge in [0.25, 0.3) is 0 Å². The van der Waals surface area contributed by atoms with Gasteiger partial charge in [-0.3, -0.25) is 14.3 Å². The van der Waals surface area contributed by atoms with Gasteiger partial charge in [0.05, 0.1) is 23.7 Å². The fraction of sp³-hybridized carbons (Fsp3) is 0.611. The lowest BCUT2D eigenvalue weighted by molar-refractivity contribution is 0.129. The molecule has 0 spiro atoms. The van der Waals surface area contributed by atoms with Crippen LogP contribution in [-0.2, 0) is 10.0 Å². The first-order valence-electron chi connectivity index (χ1n) is 9.15. The molecule has 2 atom stereocenters. The molecule has 3 heterocycles. The van der Waals surface area contributed by atoms with E-state index in [-0.39, 0.29) is 6.04 Å². The lowest BCUT2D eigenvalue weighted by atomic mass is 9.96. The Morgan fingerprint density at radius 2 is 2.00 bits per heavy atom. The fourth-order valence-electron chi connectivity index (χ4n) is 4.80. The summed E-state index contributed by atoms with van der Waals surface area (Å²) in [4.78, 5) is 2.61. The summed E-state index contributed by atoms with van der Waals surface area (Å²) in [5, 5.41) is 7.91. The van der Waals surface area contributed by atoms with Gasteiger partial charge in [-0.2, -0.15) is 5.10 Å². The maximum Gasteiger partial charge on any atom is 0.232 e. The molecule has 0 saturated carbocycles. The van der Waals surface area contributed by atoms with E-state index in [2.05, 4.69) is 22.0 Å². The predicted molar refractivity (Wildman–Crippen MR) is 100 cm³/mol. The van der Waals surface area contributed by atoms with E-state index in [0.29, 0.717) is 12.1 Å². The molecule has 2 unspecified atom stereocenters. The molecule has 2 saturated heterocycles. The van der Waals surface area contributed by atoms with Gasteiger partial charge in [-0.1, -0.05) is 6.92 Å². The third-order valence-corrected chi connectivity index (χ3v) is 6.93. The summed E-state index contributed by atoms with van der Waals surface area (Å²) >= 11 is 0. The average molecular weight is 362 g/mol. The number of hydrogen-bond acceptors (Lipinski definition) is 4. The first kappa shape index (κ1) is 16.8. The Bertz CT molecular complexity index is 849. The number of nitrogens with zero attached hydrogens (tertiary/aromatic N) is 3. The SMILES string of the molecule is CCCN1C2CCC1CC(N(c1ccc3[nH]ncc3c1)S(C)(=O)=O)C2. The summed E-state index contributed by atoms with van der Waals surface area (Å²) in [6.45, 7) is 3.34. The molecule has 25 heavy (non-hydrogen) atoms. The summed E-state index contributed by atoms with van der Waals surface area (Å²) in [6.07, 6.45) is 8.46. The van der Waals surface area contributed by atoms with Gasteiger partial charge in [-0.25, -0.2) is 8.42 Å². The second-order valence-corrected chi connectivity index (χ2v) is 9.31. The Kier molecular flexibility index (Phi) is 4.24. The van der Waals surface area contributed by atoms with Gasteiger partial charge in [0, 0.05) is 23.5 Å². The van der Waals surface area contributed by atoms with Crippen LogP contribution in [0.3, 0.4) is 0 Å². The Labute approximate surface area is 149 Å². The van der Waals surface area contributed by atoms with Gasteiger partial charge < -0.3 is 0 Å². The van der Waals surface area contributed by atoms with Crippen molar-refractivity contribution in [2.75, 3.05) is 17.1 Å². The summed E-state index contributed by atoms with van der Waals surface area (Å²) in [6, 6.07) is 6.82. The largest absolute Gasteiger partial charge is 0.297 e. The second-order valence-electron chi connectivity index (χ2n) is 7.45. The summed E-state index contributed by atoms with van der Waals surface area (Å²) in [5.74, 6) is 0. The zero-order valence-electron chi connectivity index (χ0n) is 14.9. The van der Waals surface area contributed by atoms with Crippen LogP contribution in [0.1, 0.15) is 39.0 Å². The van der Waals surface area contributed by atoms with Crippen LogP contribution in [-0.4, -0.2) is 54.4 Å². The van der Waals surface area contributed by atoms with E-state index in [4.69, 9.17) is 0 Å². The minimum absolute atomic E-state index is 0.0463. The Morgan fingerprint density at radius 1 is 1.28 bits per heavy atom. The van der Waals surface area contributed by atoms with Crippen LogP contribution in [0.25, 0.3) is 10.9 Å². The van der Waals surface area contributed by atoms with Crippen molar-refractivity contribution in [1.82, 2.24) is 15.1 Å². The van der Waals surface area contributed by atoms with E-state index >= 15 is 0 Å². The number of piperidine rings is 1. The highest BCUT2D eigenvalue weighted by Crippen LogP contribution is 2.40. The highest BCUT2D eigenvalue weighted by atomic mass is 32.2. The third-order valence-electron chi connectivity index (χ3n) is 5.71. The Hall–Kier alpha value is -1.60. The maximum atomic E-state index is 12.6. The lowest BCUT2D eigenvalue weighted by Crippen LogP contribution is -2.52. The van der Waals surface area contributed by atoms with Crippen LogP contribution >= 0.6 is 0 Å². The van der Waals surface area contributed by atoms with Gasteiger partial charge in [-0.05, 0) is 56.8 Å². The minimum Gasteiger partial charge on any atom is -0.297 e.